The van der Waals surface area contributed by atoms with Gasteiger partial charge in [0.15, 0.2) is 5.76 Å². The number of carbonyl (C=O) groups is 2. The molecule has 0 unspecified atom stereocenters. The zero-order chi connectivity index (χ0) is 24.4. The Balaban J connectivity index is 1.48. The van der Waals surface area contributed by atoms with Gasteiger partial charge in [-0.15, -0.1) is 11.3 Å². The van der Waals surface area contributed by atoms with Crippen molar-refractivity contribution >= 4 is 28.2 Å². The molecule has 8 heteroatoms. The molecule has 0 bridgehead atoms. The van der Waals surface area contributed by atoms with Crippen molar-refractivity contribution in [3.05, 3.63) is 89.4 Å². The first-order valence-corrected chi connectivity index (χ1v) is 12.1. The molecule has 1 fully saturated rings. The largest absolute Gasteiger partial charge is 0.451 e. The minimum Gasteiger partial charge on any atom is -0.451 e. The van der Waals surface area contributed by atoms with E-state index in [-0.39, 0.29) is 23.0 Å². The molecule has 1 saturated heterocycles. The number of rotatable bonds is 5. The minimum absolute atomic E-state index is 0.0281. The first kappa shape index (κ1) is 23.0. The predicted octanol–water partition coefficient (Wildman–Crippen LogP) is 5.85. The Kier molecular flexibility index (Phi) is 6.48. The van der Waals surface area contributed by atoms with E-state index in [0.717, 1.165) is 16.0 Å². The summed E-state index contributed by atoms with van der Waals surface area (Å²) in [5.74, 6) is -0.811. The van der Waals surface area contributed by atoms with E-state index >= 15 is 0 Å². The van der Waals surface area contributed by atoms with Gasteiger partial charge in [-0.25, -0.2) is 4.39 Å². The molecule has 35 heavy (non-hydrogen) atoms. The highest BCUT2D eigenvalue weighted by molar-refractivity contribution is 7.20. The molecule has 6 nitrogen and oxygen atoms in total. The Morgan fingerprint density at radius 2 is 1.69 bits per heavy atom. The van der Waals surface area contributed by atoms with Gasteiger partial charge in [-0.1, -0.05) is 42.5 Å². The Morgan fingerprint density at radius 1 is 0.971 bits per heavy atom. The number of ether oxygens (including phenoxy) is 1. The molecule has 178 valence electrons. The van der Waals surface area contributed by atoms with Gasteiger partial charge in [0.2, 0.25) is 0 Å². The van der Waals surface area contributed by atoms with Crippen molar-refractivity contribution < 1.29 is 23.1 Å². The number of carbonyl (C=O) groups excluding carboxylic acids is 2. The molecule has 2 aromatic carbocycles. The number of thiophene rings is 1. The summed E-state index contributed by atoms with van der Waals surface area (Å²) in [5.41, 5.74) is 2.50. The molecule has 3 heterocycles. The lowest BCUT2D eigenvalue weighted by molar-refractivity contribution is 0.0303. The number of nitrogens with zero attached hydrogens (tertiary/aromatic N) is 1. The van der Waals surface area contributed by atoms with Crippen molar-refractivity contribution in [3.8, 4) is 21.8 Å². The molecular weight excluding hydrogens is 467 g/mol. The monoisotopic (exact) mass is 490 g/mol. The van der Waals surface area contributed by atoms with Gasteiger partial charge in [0.1, 0.15) is 16.6 Å². The highest BCUT2D eigenvalue weighted by Crippen LogP contribution is 2.41. The van der Waals surface area contributed by atoms with Gasteiger partial charge in [0.05, 0.1) is 24.3 Å². The number of halogens is 1. The average Bonchev–Trinajstić information content (AvgIpc) is 3.50. The van der Waals surface area contributed by atoms with Crippen LogP contribution in [-0.4, -0.2) is 43.0 Å². The zero-order valence-corrected chi connectivity index (χ0v) is 19.9. The second kappa shape index (κ2) is 9.85. The molecule has 1 aliphatic rings. The van der Waals surface area contributed by atoms with Crippen molar-refractivity contribution in [2.24, 2.45) is 0 Å². The summed E-state index contributed by atoms with van der Waals surface area (Å²) in [4.78, 5) is 29.3. The molecule has 0 aliphatic carbocycles. The Morgan fingerprint density at radius 3 is 2.43 bits per heavy atom. The summed E-state index contributed by atoms with van der Waals surface area (Å²) in [5, 5.41) is 3.32. The second-order valence-corrected chi connectivity index (χ2v) is 9.15. The SMILES string of the molecule is Cc1c(-c2ccccc2)sc(NC(=O)c2ccc(-c3ccccc3F)o2)c1C(=O)N1CCOCC1. The second-order valence-electron chi connectivity index (χ2n) is 8.13. The van der Waals surface area contributed by atoms with Crippen LogP contribution in [0, 0.1) is 12.7 Å². The van der Waals surface area contributed by atoms with Crippen LogP contribution >= 0.6 is 11.3 Å². The van der Waals surface area contributed by atoms with Crippen LogP contribution in [0.2, 0.25) is 0 Å². The lowest BCUT2D eigenvalue weighted by atomic mass is 10.1. The Hall–Kier alpha value is -3.75. The van der Waals surface area contributed by atoms with Crippen molar-refractivity contribution in [1.82, 2.24) is 4.90 Å². The summed E-state index contributed by atoms with van der Waals surface area (Å²) >= 11 is 1.35. The lowest BCUT2D eigenvalue weighted by Crippen LogP contribution is -2.41. The van der Waals surface area contributed by atoms with E-state index in [2.05, 4.69) is 5.32 Å². The van der Waals surface area contributed by atoms with Gasteiger partial charge in [-0.2, -0.15) is 0 Å². The van der Waals surface area contributed by atoms with E-state index < -0.39 is 11.7 Å². The summed E-state index contributed by atoms with van der Waals surface area (Å²) in [7, 11) is 0. The number of furan rings is 1. The van der Waals surface area contributed by atoms with Crippen molar-refractivity contribution in [1.29, 1.82) is 0 Å². The number of nitrogens with one attached hydrogen (secondary N) is 1. The molecule has 0 spiro atoms. The van der Waals surface area contributed by atoms with Gasteiger partial charge >= 0.3 is 0 Å². The summed E-state index contributed by atoms with van der Waals surface area (Å²) in [6, 6.07) is 19.0. The van der Waals surface area contributed by atoms with Crippen LogP contribution in [0.1, 0.15) is 26.5 Å². The van der Waals surface area contributed by atoms with Crippen LogP contribution in [0.15, 0.2) is 71.1 Å². The Labute approximate surface area is 205 Å². The van der Waals surface area contributed by atoms with Crippen LogP contribution < -0.4 is 5.32 Å². The third-order valence-corrected chi connectivity index (χ3v) is 7.15. The normalized spacial score (nSPS) is 13.6. The van der Waals surface area contributed by atoms with E-state index in [4.69, 9.17) is 9.15 Å². The Bertz CT molecular complexity index is 1370. The minimum atomic E-state index is -0.510. The van der Waals surface area contributed by atoms with Crippen molar-refractivity contribution in [2.75, 3.05) is 31.6 Å². The molecule has 1 aliphatic heterocycles. The third-order valence-electron chi connectivity index (χ3n) is 5.89. The fourth-order valence-electron chi connectivity index (χ4n) is 4.08. The molecule has 0 radical (unpaired) electrons. The summed E-state index contributed by atoms with van der Waals surface area (Å²) in [6.45, 7) is 3.84. The smallest absolute Gasteiger partial charge is 0.292 e. The highest BCUT2D eigenvalue weighted by atomic mass is 32.1. The highest BCUT2D eigenvalue weighted by Gasteiger charge is 2.28. The molecule has 2 amide bonds. The van der Waals surface area contributed by atoms with Crippen LogP contribution in [0.3, 0.4) is 0 Å². The fourth-order valence-corrected chi connectivity index (χ4v) is 5.28. The van der Waals surface area contributed by atoms with E-state index in [9.17, 15) is 14.0 Å². The number of amides is 2. The third kappa shape index (κ3) is 4.62. The van der Waals surface area contributed by atoms with Crippen molar-refractivity contribution in [3.63, 3.8) is 0 Å². The molecule has 4 aromatic rings. The maximum absolute atomic E-state index is 14.1. The van der Waals surface area contributed by atoms with E-state index in [1.165, 1.54) is 23.5 Å². The quantitative estimate of drug-likeness (QED) is 0.381. The van der Waals surface area contributed by atoms with Crippen LogP contribution in [0.25, 0.3) is 21.8 Å². The van der Waals surface area contributed by atoms with Crippen LogP contribution in [0.5, 0.6) is 0 Å². The van der Waals surface area contributed by atoms with Gasteiger partial charge in [-0.3, -0.25) is 9.59 Å². The van der Waals surface area contributed by atoms with Gasteiger partial charge in [0, 0.05) is 18.0 Å². The van der Waals surface area contributed by atoms with E-state index in [0.29, 0.717) is 36.9 Å². The number of anilines is 1. The van der Waals surface area contributed by atoms with Crippen molar-refractivity contribution in [2.45, 2.75) is 6.92 Å². The van der Waals surface area contributed by atoms with E-state index in [1.807, 2.05) is 37.3 Å². The molecule has 2 aromatic heterocycles. The van der Waals surface area contributed by atoms with Crippen LogP contribution in [-0.2, 0) is 4.74 Å². The average molecular weight is 491 g/mol. The van der Waals surface area contributed by atoms with Crippen LogP contribution in [0.4, 0.5) is 9.39 Å². The maximum Gasteiger partial charge on any atom is 0.292 e. The number of morpholine rings is 1. The summed E-state index contributed by atoms with van der Waals surface area (Å²) < 4.78 is 25.2. The molecule has 0 saturated carbocycles. The summed E-state index contributed by atoms with van der Waals surface area (Å²) in [6.07, 6.45) is 0. The van der Waals surface area contributed by atoms with Gasteiger partial charge in [0.25, 0.3) is 11.8 Å². The van der Waals surface area contributed by atoms with Gasteiger partial charge in [-0.05, 0) is 42.3 Å². The standard InChI is InChI=1S/C27H23FN2O4S/c1-17-23(27(32)30-13-15-33-16-14-30)26(35-24(17)18-7-3-2-4-8-18)29-25(31)22-12-11-21(34-22)19-9-5-6-10-20(19)28/h2-12H,13-16H2,1H3,(H,29,31). The lowest BCUT2D eigenvalue weighted by Gasteiger charge is -2.27. The van der Waals surface area contributed by atoms with Gasteiger partial charge < -0.3 is 19.4 Å². The zero-order valence-electron chi connectivity index (χ0n) is 19.0. The van der Waals surface area contributed by atoms with E-state index in [1.54, 1.807) is 29.2 Å². The molecule has 0 atom stereocenters. The first-order valence-electron chi connectivity index (χ1n) is 11.2. The molecule has 5 rings (SSSR count). The molecular formula is C27H23FN2O4S. The number of benzene rings is 2. The number of hydrogen-bond donors (Lipinski definition) is 1. The topological polar surface area (TPSA) is 71.8 Å². The first-order chi connectivity index (χ1) is 17.0. The number of hydrogen-bond acceptors (Lipinski definition) is 5. The maximum atomic E-state index is 14.1. The molecule has 1 N–H and O–H groups in total. The fraction of sp³-hybridized carbons (Fsp3) is 0.185. The predicted molar refractivity (Wildman–Crippen MR) is 133 cm³/mol.